The molecule has 0 spiro atoms. The maximum atomic E-state index is 13.7. The molecule has 0 saturated heterocycles. The molecule has 334 valence electrons. The second kappa shape index (κ2) is 20.1. The number of hydrogen-bond acceptors (Lipinski definition) is 14. The first-order valence-corrected chi connectivity index (χ1v) is 20.2. The number of carbonyl (C=O) groups excluding carboxylic acids is 4. The van der Waals surface area contributed by atoms with Gasteiger partial charge in [-0.25, -0.2) is 15.0 Å². The largest absolute Gasteiger partial charge is 0.494 e. The molecule has 6 rings (SSSR count). The Morgan fingerprint density at radius 1 is 0.844 bits per heavy atom. The van der Waals surface area contributed by atoms with Gasteiger partial charge < -0.3 is 45.5 Å². The number of rotatable bonds is 20. The summed E-state index contributed by atoms with van der Waals surface area (Å²) in [6.07, 6.45) is 12.8. The smallest absolute Gasteiger partial charge is 0.295 e. The van der Waals surface area contributed by atoms with Gasteiger partial charge in [-0.15, -0.1) is 0 Å². The van der Waals surface area contributed by atoms with Crippen LogP contribution in [0, 0.1) is 6.92 Å². The molecular weight excluding hydrogens is 825 g/mol. The number of benzene rings is 2. The monoisotopic (exact) mass is 874 g/mol. The summed E-state index contributed by atoms with van der Waals surface area (Å²) >= 11 is 0. The van der Waals surface area contributed by atoms with Crippen LogP contribution in [-0.4, -0.2) is 90.5 Å². The third-order valence-electron chi connectivity index (χ3n) is 9.58. The minimum absolute atomic E-state index is 0.0341. The second-order valence-corrected chi connectivity index (χ2v) is 14.2. The van der Waals surface area contributed by atoms with E-state index in [1.54, 1.807) is 52.9 Å². The van der Waals surface area contributed by atoms with Crippen LogP contribution in [-0.2, 0) is 30.8 Å². The molecule has 4 amide bonds. The number of imidazole rings is 2. The molecule has 64 heavy (non-hydrogen) atoms. The van der Waals surface area contributed by atoms with Crippen molar-refractivity contribution < 1.29 is 33.1 Å². The lowest BCUT2D eigenvalue weighted by Crippen LogP contribution is -2.24. The van der Waals surface area contributed by atoms with Gasteiger partial charge >= 0.3 is 0 Å². The minimum Gasteiger partial charge on any atom is -0.494 e. The molecule has 2 aromatic carbocycles. The van der Waals surface area contributed by atoms with Gasteiger partial charge in [0.2, 0.25) is 29.5 Å². The van der Waals surface area contributed by atoms with Crippen molar-refractivity contribution in [3.63, 3.8) is 0 Å². The predicted molar refractivity (Wildman–Crippen MR) is 242 cm³/mol. The highest BCUT2D eigenvalue weighted by molar-refractivity contribution is 6.47. The lowest BCUT2D eigenvalue weighted by atomic mass is 10.1. The molecule has 4 heterocycles. The maximum Gasteiger partial charge on any atom is 0.295 e. The van der Waals surface area contributed by atoms with Gasteiger partial charge in [0.1, 0.15) is 34.9 Å². The number of hydrogen-bond donors (Lipinski definition) is 6. The molecule has 4 aromatic heterocycles. The van der Waals surface area contributed by atoms with Crippen LogP contribution in [0.1, 0.15) is 63.6 Å². The van der Waals surface area contributed by atoms with Crippen molar-refractivity contribution >= 4 is 69.0 Å². The third kappa shape index (κ3) is 10.3. The number of allylic oxidation sites excluding steroid dienone is 4. The van der Waals surface area contributed by atoms with Crippen LogP contribution in [0.25, 0.3) is 22.1 Å². The van der Waals surface area contributed by atoms with Gasteiger partial charge in [0.05, 0.1) is 42.3 Å². The standard InChI is InChI=1S/C43H50N14O7/c1-7-29-37(64-25(4)50-29)41(61)54-43-52-31-19-27(39(46)59)21-34(63-16-12-11-13-55-23-28(47-5)22-49-55)36(31)57(43)15-10-9-14-56-35-30(18-26(38(45)58)20-33(35)62-6)51-42(56)53-40(60)32(48-8-2)17-24(3)44/h9-12,17-23,47H,7-8,13-16,44H2,1-6H3,(H2,45,58)(H2,46,59)(H,51,53,60)(H,52,54,61)/b10-9+,12-11+,24-17-,48-32?. The van der Waals surface area contributed by atoms with E-state index in [0.29, 0.717) is 58.9 Å². The number of aryl methyl sites for hydroxylation is 2. The van der Waals surface area contributed by atoms with Crippen molar-refractivity contribution in [1.82, 2.24) is 33.9 Å². The van der Waals surface area contributed by atoms with Crippen LogP contribution in [0.5, 0.6) is 11.5 Å². The first-order chi connectivity index (χ1) is 30.7. The average Bonchev–Trinajstić information content (AvgIpc) is 4.05. The first kappa shape index (κ1) is 45.3. The van der Waals surface area contributed by atoms with Crippen LogP contribution in [0.3, 0.4) is 0 Å². The lowest BCUT2D eigenvalue weighted by Gasteiger charge is -2.12. The number of ether oxygens (including phenoxy) is 2. The Labute approximate surface area is 367 Å². The highest BCUT2D eigenvalue weighted by Crippen LogP contribution is 2.33. The van der Waals surface area contributed by atoms with E-state index in [1.807, 2.05) is 32.3 Å². The summed E-state index contributed by atoms with van der Waals surface area (Å²) in [7, 11) is 3.25. The Kier molecular flexibility index (Phi) is 14.2. The van der Waals surface area contributed by atoms with Crippen molar-refractivity contribution in [2.45, 2.75) is 53.8 Å². The summed E-state index contributed by atoms with van der Waals surface area (Å²) in [5, 5.41) is 13.0. The molecule has 0 atom stereocenters. The zero-order valence-electron chi connectivity index (χ0n) is 36.3. The fourth-order valence-corrected chi connectivity index (χ4v) is 6.68. The van der Waals surface area contributed by atoms with E-state index in [-0.39, 0.29) is 65.7 Å². The van der Waals surface area contributed by atoms with Crippen molar-refractivity contribution in [3.05, 3.63) is 101 Å². The number of carbonyl (C=O) groups is 4. The molecule has 21 heteroatoms. The van der Waals surface area contributed by atoms with Crippen LogP contribution >= 0.6 is 0 Å². The Morgan fingerprint density at radius 3 is 2.02 bits per heavy atom. The fourth-order valence-electron chi connectivity index (χ4n) is 6.68. The predicted octanol–water partition coefficient (Wildman–Crippen LogP) is 4.10. The third-order valence-corrected chi connectivity index (χ3v) is 9.58. The maximum absolute atomic E-state index is 13.7. The summed E-state index contributed by atoms with van der Waals surface area (Å²) in [6, 6.07) is 6.02. The molecule has 0 aliphatic rings. The molecule has 0 radical (unpaired) electrons. The molecule has 0 aliphatic carbocycles. The Morgan fingerprint density at radius 2 is 1.45 bits per heavy atom. The molecule has 9 N–H and O–H groups in total. The van der Waals surface area contributed by atoms with E-state index in [1.165, 1.54) is 37.5 Å². The fraction of sp³-hybridized carbons (Fsp3) is 0.279. The summed E-state index contributed by atoms with van der Waals surface area (Å²) in [5.41, 5.74) is 20.9. The number of methoxy groups -OCH3 is 1. The topological polar surface area (TPSA) is 293 Å². The van der Waals surface area contributed by atoms with Gasteiger partial charge in [0, 0.05) is 56.6 Å². The molecule has 6 aromatic rings. The Bertz CT molecular complexity index is 2850. The summed E-state index contributed by atoms with van der Waals surface area (Å²) < 4.78 is 22.7. The van der Waals surface area contributed by atoms with E-state index in [4.69, 9.17) is 36.1 Å². The van der Waals surface area contributed by atoms with E-state index < -0.39 is 23.6 Å². The first-order valence-electron chi connectivity index (χ1n) is 20.2. The van der Waals surface area contributed by atoms with Crippen molar-refractivity contribution in [2.24, 2.45) is 22.2 Å². The molecule has 0 bridgehead atoms. The Balaban J connectivity index is 1.39. The van der Waals surface area contributed by atoms with Crippen molar-refractivity contribution in [3.8, 4) is 11.5 Å². The van der Waals surface area contributed by atoms with Gasteiger partial charge in [-0.1, -0.05) is 25.2 Å². The molecular formula is C43H50N14O7. The molecule has 0 unspecified atom stereocenters. The molecule has 0 aliphatic heterocycles. The van der Waals surface area contributed by atoms with E-state index in [2.05, 4.69) is 36.0 Å². The number of nitrogens with two attached hydrogens (primary N) is 3. The zero-order valence-corrected chi connectivity index (χ0v) is 36.3. The van der Waals surface area contributed by atoms with E-state index in [9.17, 15) is 19.2 Å². The lowest BCUT2D eigenvalue weighted by molar-refractivity contribution is -0.110. The Hall–Kier alpha value is -8.23. The summed E-state index contributed by atoms with van der Waals surface area (Å²) in [5.74, 6) is -1.42. The minimum atomic E-state index is -0.706. The van der Waals surface area contributed by atoms with Crippen LogP contribution in [0.15, 0.2) is 82.1 Å². The number of aliphatic imine (C=N–C) groups is 1. The number of aromatic nitrogens is 7. The van der Waals surface area contributed by atoms with Gasteiger partial charge in [-0.05, 0) is 56.7 Å². The number of fused-ring (bicyclic) bond motifs is 2. The van der Waals surface area contributed by atoms with E-state index in [0.717, 1.165) is 5.69 Å². The highest BCUT2D eigenvalue weighted by atomic mass is 16.5. The summed E-state index contributed by atoms with van der Waals surface area (Å²) in [4.78, 5) is 70.0. The normalized spacial score (nSPS) is 12.2. The number of oxazole rings is 1. The average molecular weight is 875 g/mol. The number of anilines is 3. The summed E-state index contributed by atoms with van der Waals surface area (Å²) in [6.45, 7) is 8.05. The quantitative estimate of drug-likeness (QED) is 0.0466. The number of amides is 4. The SMILES string of the molecule is CCN=C(/C=C(/C)N)C(=O)Nc1nc2cc(C(N)=O)cc(OC)c2n1C/C=C/Cn1c(NC(=O)c2oc(C)nc2CC)nc2cc(C(N)=O)cc(OC/C=C/Cn3cc(NC)cn3)c21. The zero-order chi connectivity index (χ0) is 46.1. The second-order valence-electron chi connectivity index (χ2n) is 14.2. The van der Waals surface area contributed by atoms with Crippen molar-refractivity contribution in [2.75, 3.05) is 43.3 Å². The van der Waals surface area contributed by atoms with Crippen LogP contribution in [0.4, 0.5) is 17.6 Å². The number of primary amides is 2. The van der Waals surface area contributed by atoms with Gasteiger partial charge in [-0.2, -0.15) is 5.10 Å². The van der Waals surface area contributed by atoms with Crippen LogP contribution in [0.2, 0.25) is 0 Å². The van der Waals surface area contributed by atoms with Gasteiger partial charge in [0.15, 0.2) is 5.89 Å². The van der Waals surface area contributed by atoms with Gasteiger partial charge in [-0.3, -0.25) is 39.5 Å². The van der Waals surface area contributed by atoms with Crippen molar-refractivity contribution in [1.29, 1.82) is 0 Å². The van der Waals surface area contributed by atoms with Gasteiger partial charge in [0.25, 0.3) is 11.8 Å². The molecule has 21 nitrogen and oxygen atoms in total. The number of nitrogens with one attached hydrogen (secondary N) is 3. The van der Waals surface area contributed by atoms with Crippen LogP contribution < -0.4 is 42.6 Å². The molecule has 0 fully saturated rings. The number of nitrogens with zero attached hydrogens (tertiary/aromatic N) is 8. The molecule has 0 saturated carbocycles. The van der Waals surface area contributed by atoms with E-state index >= 15 is 0 Å². The highest BCUT2D eigenvalue weighted by Gasteiger charge is 2.24.